The highest BCUT2D eigenvalue weighted by molar-refractivity contribution is 5.98. The number of rotatable bonds is 6. The average molecular weight is 473 g/mol. The van der Waals surface area contributed by atoms with Crippen LogP contribution in [0.15, 0.2) is 46.9 Å². The Morgan fingerprint density at radius 1 is 1.17 bits per heavy atom. The summed E-state index contributed by atoms with van der Waals surface area (Å²) in [4.78, 5) is 15.4. The van der Waals surface area contributed by atoms with Crippen molar-refractivity contribution in [1.29, 1.82) is 0 Å². The number of nitrogens with zero attached hydrogens (tertiary/aromatic N) is 1. The number of amides is 1. The van der Waals surface area contributed by atoms with Gasteiger partial charge in [0.1, 0.15) is 17.1 Å². The first-order valence-electron chi connectivity index (χ1n) is 12.9. The van der Waals surface area contributed by atoms with Gasteiger partial charge in [-0.3, -0.25) is 9.69 Å². The van der Waals surface area contributed by atoms with E-state index >= 15 is 0 Å². The zero-order valence-corrected chi connectivity index (χ0v) is 21.2. The van der Waals surface area contributed by atoms with Crippen molar-refractivity contribution >= 4 is 22.4 Å². The van der Waals surface area contributed by atoms with E-state index in [1.807, 2.05) is 6.92 Å². The van der Waals surface area contributed by atoms with E-state index in [-0.39, 0.29) is 11.9 Å². The highest BCUT2D eigenvalue weighted by Crippen LogP contribution is 2.41. The molecule has 0 unspecified atom stereocenters. The van der Waals surface area contributed by atoms with Gasteiger partial charge in [0.15, 0.2) is 0 Å². The number of hydrogen-bond acceptors (Lipinski definition) is 4. The molecule has 35 heavy (non-hydrogen) atoms. The van der Waals surface area contributed by atoms with E-state index in [1.54, 1.807) is 13.2 Å². The molecule has 1 N–H and O–H groups in total. The lowest BCUT2D eigenvalue weighted by atomic mass is 9.93. The standard InChI is InChI=1S/C30H36N2O3/c1-20(17-28(33)31-23-13-15-32(16-14-23)19-22-9-5-4-6-10-22)25-18-26-24-11-7-8-12-27(24)35-30(26)21(2)29(25)34-3/h4-6,9-10,17-18,23H,7-8,11-16,19H2,1-3H3,(H,31,33)/b20-17+. The highest BCUT2D eigenvalue weighted by atomic mass is 16.5. The molecule has 1 fully saturated rings. The molecule has 1 aliphatic carbocycles. The summed E-state index contributed by atoms with van der Waals surface area (Å²) in [6, 6.07) is 13.0. The first-order chi connectivity index (χ1) is 17.0. The Labute approximate surface area is 208 Å². The number of fused-ring (bicyclic) bond motifs is 3. The van der Waals surface area contributed by atoms with Gasteiger partial charge in [0.05, 0.1) is 7.11 Å². The number of likely N-dealkylation sites (tertiary alicyclic amines) is 1. The van der Waals surface area contributed by atoms with Crippen molar-refractivity contribution in [2.24, 2.45) is 0 Å². The van der Waals surface area contributed by atoms with Crippen LogP contribution in [0.4, 0.5) is 0 Å². The molecule has 1 amide bonds. The Balaban J connectivity index is 1.28. The zero-order valence-electron chi connectivity index (χ0n) is 21.2. The highest BCUT2D eigenvalue weighted by Gasteiger charge is 2.24. The van der Waals surface area contributed by atoms with Crippen molar-refractivity contribution in [3.63, 3.8) is 0 Å². The van der Waals surface area contributed by atoms with Crippen molar-refractivity contribution < 1.29 is 13.9 Å². The Hall–Kier alpha value is -3.05. The summed E-state index contributed by atoms with van der Waals surface area (Å²) < 4.78 is 12.0. The molecule has 184 valence electrons. The van der Waals surface area contributed by atoms with Crippen LogP contribution in [0.25, 0.3) is 16.5 Å². The monoisotopic (exact) mass is 472 g/mol. The van der Waals surface area contributed by atoms with Crippen molar-refractivity contribution in [2.45, 2.75) is 65.0 Å². The minimum atomic E-state index is -0.0296. The van der Waals surface area contributed by atoms with E-state index < -0.39 is 0 Å². The molecular formula is C30H36N2O3. The van der Waals surface area contributed by atoms with E-state index in [0.29, 0.717) is 0 Å². The summed E-state index contributed by atoms with van der Waals surface area (Å²) in [5, 5.41) is 4.41. The van der Waals surface area contributed by atoms with Crippen LogP contribution in [0.3, 0.4) is 0 Å². The number of carbonyl (C=O) groups is 1. The molecule has 2 aromatic carbocycles. The minimum Gasteiger partial charge on any atom is -0.496 e. The van der Waals surface area contributed by atoms with Gasteiger partial charge in [-0.1, -0.05) is 30.3 Å². The fourth-order valence-electron chi connectivity index (χ4n) is 5.69. The molecule has 2 aliphatic rings. The topological polar surface area (TPSA) is 54.7 Å². The number of allylic oxidation sites excluding steroid dienone is 1. The molecule has 2 heterocycles. The van der Waals surface area contributed by atoms with Crippen molar-refractivity contribution in [2.75, 3.05) is 20.2 Å². The van der Waals surface area contributed by atoms with E-state index in [2.05, 4.69) is 53.5 Å². The summed E-state index contributed by atoms with van der Waals surface area (Å²) >= 11 is 0. The molecular weight excluding hydrogens is 436 g/mol. The van der Waals surface area contributed by atoms with E-state index in [1.165, 1.54) is 29.4 Å². The van der Waals surface area contributed by atoms with Gasteiger partial charge in [-0.05, 0) is 63.2 Å². The molecule has 1 saturated heterocycles. The van der Waals surface area contributed by atoms with Crippen LogP contribution in [0.2, 0.25) is 0 Å². The number of ether oxygens (including phenoxy) is 1. The molecule has 1 aliphatic heterocycles. The van der Waals surface area contributed by atoms with Crippen molar-refractivity contribution in [3.05, 3.63) is 70.5 Å². The molecule has 5 rings (SSSR count). The first-order valence-corrected chi connectivity index (χ1v) is 12.9. The molecule has 0 saturated carbocycles. The number of hydrogen-bond donors (Lipinski definition) is 1. The zero-order chi connectivity index (χ0) is 24.4. The molecule has 5 nitrogen and oxygen atoms in total. The quantitative estimate of drug-likeness (QED) is 0.460. The van der Waals surface area contributed by atoms with Crippen LogP contribution in [-0.2, 0) is 24.2 Å². The summed E-state index contributed by atoms with van der Waals surface area (Å²) in [6.45, 7) is 7.02. The molecule has 0 atom stereocenters. The van der Waals surface area contributed by atoms with Crippen LogP contribution in [0.1, 0.15) is 60.6 Å². The second-order valence-electron chi connectivity index (χ2n) is 10.0. The molecule has 1 aromatic heterocycles. The third-order valence-electron chi connectivity index (χ3n) is 7.59. The van der Waals surface area contributed by atoms with Crippen molar-refractivity contribution in [3.8, 4) is 5.75 Å². The molecule has 5 heteroatoms. The smallest absolute Gasteiger partial charge is 0.244 e. The summed E-state index contributed by atoms with van der Waals surface area (Å²) in [6.07, 6.45) is 8.11. The summed E-state index contributed by atoms with van der Waals surface area (Å²) in [5.74, 6) is 1.88. The van der Waals surface area contributed by atoms with E-state index in [4.69, 9.17) is 9.15 Å². The molecule has 0 bridgehead atoms. The number of carbonyl (C=O) groups excluding carboxylic acids is 1. The van der Waals surface area contributed by atoms with E-state index in [9.17, 15) is 4.79 Å². The Kier molecular flexibility index (Phi) is 6.96. The maximum Gasteiger partial charge on any atom is 0.244 e. The first kappa shape index (κ1) is 23.7. The van der Waals surface area contributed by atoms with Gasteiger partial charge in [0.25, 0.3) is 0 Å². The van der Waals surface area contributed by atoms with Crippen LogP contribution < -0.4 is 10.1 Å². The second-order valence-corrected chi connectivity index (χ2v) is 10.0. The Morgan fingerprint density at radius 2 is 1.91 bits per heavy atom. The lowest BCUT2D eigenvalue weighted by Gasteiger charge is -2.32. The lowest BCUT2D eigenvalue weighted by Crippen LogP contribution is -2.43. The predicted octanol–water partition coefficient (Wildman–Crippen LogP) is 5.81. The van der Waals surface area contributed by atoms with Crippen LogP contribution in [-0.4, -0.2) is 37.0 Å². The lowest BCUT2D eigenvalue weighted by molar-refractivity contribution is -0.117. The van der Waals surface area contributed by atoms with Crippen LogP contribution >= 0.6 is 0 Å². The van der Waals surface area contributed by atoms with Gasteiger partial charge in [-0.15, -0.1) is 0 Å². The Bertz CT molecular complexity index is 1230. The normalized spacial score (nSPS) is 17.4. The number of nitrogens with one attached hydrogen (secondary N) is 1. The molecule has 3 aromatic rings. The van der Waals surface area contributed by atoms with Gasteiger partial charge < -0.3 is 14.5 Å². The predicted molar refractivity (Wildman–Crippen MR) is 141 cm³/mol. The number of piperidine rings is 1. The van der Waals surface area contributed by atoms with Crippen LogP contribution in [0, 0.1) is 6.92 Å². The van der Waals surface area contributed by atoms with Gasteiger partial charge in [0, 0.05) is 60.2 Å². The fraction of sp³-hybridized carbons (Fsp3) is 0.433. The summed E-state index contributed by atoms with van der Waals surface area (Å²) in [7, 11) is 1.69. The molecule has 0 radical (unpaired) electrons. The van der Waals surface area contributed by atoms with Gasteiger partial charge in [-0.2, -0.15) is 0 Å². The maximum atomic E-state index is 12.9. The Morgan fingerprint density at radius 3 is 2.66 bits per heavy atom. The fourth-order valence-corrected chi connectivity index (χ4v) is 5.69. The van der Waals surface area contributed by atoms with Gasteiger partial charge >= 0.3 is 0 Å². The van der Waals surface area contributed by atoms with Gasteiger partial charge in [-0.25, -0.2) is 0 Å². The van der Waals surface area contributed by atoms with Gasteiger partial charge in [0.2, 0.25) is 5.91 Å². The molecule has 0 spiro atoms. The third-order valence-corrected chi connectivity index (χ3v) is 7.59. The number of aryl methyl sites for hydroxylation is 3. The average Bonchev–Trinajstić information content (AvgIpc) is 3.25. The number of methoxy groups -OCH3 is 1. The van der Waals surface area contributed by atoms with E-state index in [0.717, 1.165) is 79.1 Å². The summed E-state index contributed by atoms with van der Waals surface area (Å²) in [5.41, 5.74) is 6.49. The largest absolute Gasteiger partial charge is 0.496 e. The SMILES string of the molecule is COc1c(/C(C)=C/C(=O)NC2CCN(Cc3ccccc3)CC2)cc2c3c(oc2c1C)CCCC3. The maximum absolute atomic E-state index is 12.9. The minimum absolute atomic E-state index is 0.0296. The van der Waals surface area contributed by atoms with Crippen LogP contribution in [0.5, 0.6) is 5.75 Å². The van der Waals surface area contributed by atoms with Crippen molar-refractivity contribution in [1.82, 2.24) is 10.2 Å². The second kappa shape index (κ2) is 10.3. The number of furan rings is 1. The number of benzene rings is 2. The third kappa shape index (κ3) is 5.01.